The van der Waals surface area contributed by atoms with Crippen molar-refractivity contribution in [3.05, 3.63) is 0 Å². The van der Waals surface area contributed by atoms with Gasteiger partial charge >= 0.3 is 6.09 Å². The summed E-state index contributed by atoms with van der Waals surface area (Å²) in [4.78, 5) is 25.6. The summed E-state index contributed by atoms with van der Waals surface area (Å²) >= 11 is 0. The molecule has 2 amide bonds. The van der Waals surface area contributed by atoms with Crippen LogP contribution >= 0.6 is 0 Å². The fraction of sp³-hybridized carbons (Fsp3) is 0.857. The van der Waals surface area contributed by atoms with E-state index in [1.54, 1.807) is 11.8 Å². The van der Waals surface area contributed by atoms with Crippen molar-refractivity contribution in [2.45, 2.75) is 51.1 Å². The summed E-state index contributed by atoms with van der Waals surface area (Å²) < 4.78 is 4.98. The second kappa shape index (κ2) is 6.43. The number of nitrogens with one attached hydrogen (secondary N) is 2. The number of amides is 2. The van der Waals surface area contributed by atoms with Crippen molar-refractivity contribution >= 4 is 12.0 Å². The number of hydrogen-bond acceptors (Lipinski definition) is 4. The van der Waals surface area contributed by atoms with Crippen molar-refractivity contribution in [1.29, 1.82) is 0 Å². The average Bonchev–Trinajstić information content (AvgIpc) is 2.88. The molecule has 2 aliphatic heterocycles. The number of nitrogens with zero attached hydrogens (tertiary/aromatic N) is 1. The number of carbonyl (C=O) groups excluding carboxylic acids is 2. The van der Waals surface area contributed by atoms with E-state index in [9.17, 15) is 9.59 Å². The highest BCUT2D eigenvalue weighted by Crippen LogP contribution is 2.20. The van der Waals surface area contributed by atoms with Crippen LogP contribution in [0.4, 0.5) is 4.79 Å². The molecule has 0 aromatic heterocycles. The number of rotatable bonds is 3. The minimum absolute atomic E-state index is 0.0876. The lowest BCUT2D eigenvalue weighted by atomic mass is 9.97. The van der Waals surface area contributed by atoms with Crippen LogP contribution in [-0.2, 0) is 9.53 Å². The summed E-state index contributed by atoms with van der Waals surface area (Å²) in [6, 6.07) is 0.160. The van der Waals surface area contributed by atoms with Crippen molar-refractivity contribution in [3.8, 4) is 0 Å². The van der Waals surface area contributed by atoms with Gasteiger partial charge in [0, 0.05) is 19.1 Å². The van der Waals surface area contributed by atoms with Gasteiger partial charge < -0.3 is 20.3 Å². The smallest absolute Gasteiger partial charge is 0.409 e. The van der Waals surface area contributed by atoms with Crippen LogP contribution < -0.4 is 10.6 Å². The molecule has 0 bridgehead atoms. The molecule has 2 fully saturated rings. The Labute approximate surface area is 120 Å². The normalized spacial score (nSPS) is 27.4. The standard InChI is InChI=1S/C14H25N3O3/c1-3-20-13(19)17-9-5-11(6-10-17)16-12(18)14(2)7-4-8-15-14/h11,15H,3-10H2,1-2H3,(H,16,18). The Morgan fingerprint density at radius 3 is 2.65 bits per heavy atom. The van der Waals surface area contributed by atoms with Gasteiger partial charge in [0.2, 0.25) is 5.91 Å². The molecule has 114 valence electrons. The molecule has 2 N–H and O–H groups in total. The molecule has 0 aromatic carbocycles. The Balaban J connectivity index is 1.77. The van der Waals surface area contributed by atoms with Gasteiger partial charge in [0.25, 0.3) is 0 Å². The van der Waals surface area contributed by atoms with Crippen molar-refractivity contribution in [2.24, 2.45) is 0 Å². The van der Waals surface area contributed by atoms with E-state index in [1.165, 1.54) is 0 Å². The van der Waals surface area contributed by atoms with Gasteiger partial charge in [-0.05, 0) is 46.1 Å². The maximum absolute atomic E-state index is 12.3. The molecule has 6 heteroatoms. The SMILES string of the molecule is CCOC(=O)N1CCC(NC(=O)C2(C)CCCN2)CC1. The van der Waals surface area contributed by atoms with Gasteiger partial charge in [0.05, 0.1) is 12.1 Å². The van der Waals surface area contributed by atoms with Crippen molar-refractivity contribution in [2.75, 3.05) is 26.2 Å². The molecule has 2 aliphatic rings. The Morgan fingerprint density at radius 2 is 2.10 bits per heavy atom. The second-order valence-electron chi connectivity index (χ2n) is 5.80. The maximum atomic E-state index is 12.3. The Morgan fingerprint density at radius 1 is 1.40 bits per heavy atom. The quantitative estimate of drug-likeness (QED) is 0.806. The van der Waals surface area contributed by atoms with E-state index < -0.39 is 5.54 Å². The third-order valence-electron chi connectivity index (χ3n) is 4.23. The lowest BCUT2D eigenvalue weighted by Gasteiger charge is -2.33. The lowest BCUT2D eigenvalue weighted by molar-refractivity contribution is -0.127. The van der Waals surface area contributed by atoms with Crippen molar-refractivity contribution in [1.82, 2.24) is 15.5 Å². The zero-order valence-electron chi connectivity index (χ0n) is 12.4. The second-order valence-corrected chi connectivity index (χ2v) is 5.80. The summed E-state index contributed by atoms with van der Waals surface area (Å²) in [7, 11) is 0. The zero-order valence-corrected chi connectivity index (χ0v) is 12.4. The van der Waals surface area contributed by atoms with Gasteiger partial charge in [0.1, 0.15) is 0 Å². The van der Waals surface area contributed by atoms with Gasteiger partial charge in [-0.15, -0.1) is 0 Å². The molecular weight excluding hydrogens is 258 g/mol. The number of likely N-dealkylation sites (tertiary alicyclic amines) is 1. The largest absolute Gasteiger partial charge is 0.450 e. The van der Waals surface area contributed by atoms with Gasteiger partial charge in [-0.2, -0.15) is 0 Å². The molecule has 0 spiro atoms. The first-order valence-corrected chi connectivity index (χ1v) is 7.53. The first kappa shape index (κ1) is 15.1. The lowest BCUT2D eigenvalue weighted by Crippen LogP contribution is -2.55. The van der Waals surface area contributed by atoms with Gasteiger partial charge in [-0.25, -0.2) is 4.79 Å². The Hall–Kier alpha value is -1.30. The first-order valence-electron chi connectivity index (χ1n) is 7.53. The van der Waals surface area contributed by atoms with Crippen molar-refractivity contribution < 1.29 is 14.3 Å². The Bertz CT molecular complexity index is 359. The molecule has 6 nitrogen and oxygen atoms in total. The number of carbonyl (C=O) groups is 2. The van der Waals surface area contributed by atoms with E-state index in [0.29, 0.717) is 19.7 Å². The third-order valence-corrected chi connectivity index (χ3v) is 4.23. The maximum Gasteiger partial charge on any atom is 0.409 e. The predicted octanol–water partition coefficient (Wildman–Crippen LogP) is 0.866. The molecule has 2 heterocycles. The number of ether oxygens (including phenoxy) is 1. The Kier molecular flexibility index (Phi) is 4.86. The molecule has 20 heavy (non-hydrogen) atoms. The summed E-state index contributed by atoms with van der Waals surface area (Å²) in [5.41, 5.74) is -0.418. The van der Waals surface area contributed by atoms with Crippen LogP contribution in [-0.4, -0.2) is 54.7 Å². The van der Waals surface area contributed by atoms with E-state index in [4.69, 9.17) is 4.74 Å². The molecule has 0 saturated carbocycles. The van der Waals surface area contributed by atoms with Crippen LogP contribution in [0.3, 0.4) is 0 Å². The molecule has 0 aromatic rings. The number of piperidine rings is 1. The average molecular weight is 283 g/mol. The highest BCUT2D eigenvalue weighted by atomic mass is 16.6. The van der Waals surface area contributed by atoms with Crippen molar-refractivity contribution in [3.63, 3.8) is 0 Å². The highest BCUT2D eigenvalue weighted by Gasteiger charge is 2.37. The fourth-order valence-electron chi connectivity index (χ4n) is 2.85. The van der Waals surface area contributed by atoms with Crippen LogP contribution in [0.25, 0.3) is 0 Å². The summed E-state index contributed by atoms with van der Waals surface area (Å²) in [6.07, 6.45) is 3.27. The monoisotopic (exact) mass is 283 g/mol. The minimum atomic E-state index is -0.418. The highest BCUT2D eigenvalue weighted by molar-refractivity contribution is 5.86. The topological polar surface area (TPSA) is 70.7 Å². The summed E-state index contributed by atoms with van der Waals surface area (Å²) in [5.74, 6) is 0.0876. The van der Waals surface area contributed by atoms with Crippen LogP contribution in [0.2, 0.25) is 0 Å². The van der Waals surface area contributed by atoms with E-state index in [-0.39, 0.29) is 18.0 Å². The minimum Gasteiger partial charge on any atom is -0.450 e. The fourth-order valence-corrected chi connectivity index (χ4v) is 2.85. The predicted molar refractivity (Wildman–Crippen MR) is 75.4 cm³/mol. The van der Waals surface area contributed by atoms with E-state index in [0.717, 1.165) is 32.2 Å². The first-order chi connectivity index (χ1) is 9.55. The van der Waals surface area contributed by atoms with E-state index in [1.807, 2.05) is 6.92 Å². The molecule has 2 rings (SSSR count). The van der Waals surface area contributed by atoms with Crippen LogP contribution in [0.15, 0.2) is 0 Å². The van der Waals surface area contributed by atoms with Gasteiger partial charge in [-0.1, -0.05) is 0 Å². The van der Waals surface area contributed by atoms with E-state index in [2.05, 4.69) is 10.6 Å². The van der Waals surface area contributed by atoms with Crippen LogP contribution in [0, 0.1) is 0 Å². The number of hydrogen-bond donors (Lipinski definition) is 2. The van der Waals surface area contributed by atoms with Crippen LogP contribution in [0.5, 0.6) is 0 Å². The molecule has 0 aliphatic carbocycles. The van der Waals surface area contributed by atoms with E-state index >= 15 is 0 Å². The third kappa shape index (κ3) is 3.42. The molecule has 2 saturated heterocycles. The van der Waals surface area contributed by atoms with Gasteiger partial charge in [-0.3, -0.25) is 4.79 Å². The summed E-state index contributed by atoms with van der Waals surface area (Å²) in [5, 5.41) is 6.38. The molecular formula is C14H25N3O3. The molecule has 0 radical (unpaired) electrons. The molecule has 1 unspecified atom stereocenters. The summed E-state index contributed by atoms with van der Waals surface area (Å²) in [6.45, 7) is 6.37. The molecule has 1 atom stereocenters. The zero-order chi connectivity index (χ0) is 14.6. The van der Waals surface area contributed by atoms with Crippen LogP contribution in [0.1, 0.15) is 39.5 Å². The van der Waals surface area contributed by atoms with Gasteiger partial charge in [0.15, 0.2) is 0 Å².